The van der Waals surface area contributed by atoms with Gasteiger partial charge in [0.05, 0.1) is 5.69 Å². The Bertz CT molecular complexity index is 864. The van der Waals surface area contributed by atoms with Crippen molar-refractivity contribution in [2.24, 2.45) is 5.92 Å². The maximum atomic E-state index is 13.6. The van der Waals surface area contributed by atoms with Crippen molar-refractivity contribution in [1.82, 2.24) is 0 Å². The van der Waals surface area contributed by atoms with Gasteiger partial charge in [-0.1, -0.05) is 6.92 Å². The summed E-state index contributed by atoms with van der Waals surface area (Å²) in [6, 6.07) is 8.03. The van der Waals surface area contributed by atoms with Crippen molar-refractivity contribution in [3.8, 4) is 6.07 Å². The molecule has 0 unspecified atom stereocenters. The highest BCUT2D eigenvalue weighted by atomic mass is 19.1. The van der Waals surface area contributed by atoms with Crippen LogP contribution in [0.25, 0.3) is 6.08 Å². The Hall–Kier alpha value is -2.94. The first-order valence-corrected chi connectivity index (χ1v) is 7.46. The normalized spacial score (nSPS) is 19.7. The molecule has 0 radical (unpaired) electrons. The molecule has 0 saturated heterocycles. The molecule has 1 aromatic carbocycles. The molecular formula is C18H14F2N2O2. The van der Waals surface area contributed by atoms with Crippen LogP contribution in [0.15, 0.2) is 40.3 Å². The molecule has 3 rings (SSSR count). The first kappa shape index (κ1) is 15.9. The van der Waals surface area contributed by atoms with E-state index in [9.17, 15) is 13.6 Å². The van der Waals surface area contributed by atoms with Crippen molar-refractivity contribution in [2.45, 2.75) is 19.3 Å². The fraction of sp³-hybridized carbons (Fsp3) is 0.222. The molecule has 2 aromatic rings. The van der Waals surface area contributed by atoms with Crippen molar-refractivity contribution in [1.29, 1.82) is 5.26 Å². The minimum absolute atomic E-state index is 0.200. The van der Waals surface area contributed by atoms with Crippen LogP contribution in [-0.4, -0.2) is 5.91 Å². The SMILES string of the molecule is C[C@@H]1C[C@@H]1c1ccc(/C=C(\C#N)C(=O)Nc2ccc(F)cc2F)o1. The van der Waals surface area contributed by atoms with E-state index in [2.05, 4.69) is 12.2 Å². The van der Waals surface area contributed by atoms with E-state index in [1.54, 1.807) is 12.1 Å². The molecule has 2 atom stereocenters. The van der Waals surface area contributed by atoms with Gasteiger partial charge in [-0.05, 0) is 36.6 Å². The van der Waals surface area contributed by atoms with Crippen molar-refractivity contribution >= 4 is 17.7 Å². The molecule has 1 heterocycles. The Morgan fingerprint density at radius 1 is 1.38 bits per heavy atom. The summed E-state index contributed by atoms with van der Waals surface area (Å²) >= 11 is 0. The lowest BCUT2D eigenvalue weighted by Gasteiger charge is -2.05. The van der Waals surface area contributed by atoms with Gasteiger partial charge < -0.3 is 9.73 Å². The number of hydrogen-bond donors (Lipinski definition) is 1. The minimum atomic E-state index is -0.913. The van der Waals surface area contributed by atoms with Crippen LogP contribution in [0.1, 0.15) is 30.8 Å². The molecule has 24 heavy (non-hydrogen) atoms. The molecule has 122 valence electrons. The first-order chi connectivity index (χ1) is 11.5. The molecule has 1 aliphatic carbocycles. The maximum Gasteiger partial charge on any atom is 0.266 e. The number of anilines is 1. The number of carbonyl (C=O) groups excluding carboxylic acids is 1. The van der Waals surface area contributed by atoms with E-state index in [4.69, 9.17) is 9.68 Å². The largest absolute Gasteiger partial charge is 0.461 e. The summed E-state index contributed by atoms with van der Waals surface area (Å²) in [6.07, 6.45) is 2.36. The molecule has 0 spiro atoms. The lowest BCUT2D eigenvalue weighted by Crippen LogP contribution is -2.14. The number of furan rings is 1. The van der Waals surface area contributed by atoms with Crippen LogP contribution in [-0.2, 0) is 4.79 Å². The topological polar surface area (TPSA) is 66.0 Å². The Balaban J connectivity index is 1.76. The predicted molar refractivity (Wildman–Crippen MR) is 83.8 cm³/mol. The van der Waals surface area contributed by atoms with Gasteiger partial charge in [-0.25, -0.2) is 8.78 Å². The smallest absolute Gasteiger partial charge is 0.266 e. The number of rotatable bonds is 4. The highest BCUT2D eigenvalue weighted by molar-refractivity contribution is 6.09. The summed E-state index contributed by atoms with van der Waals surface area (Å²) in [7, 11) is 0. The van der Waals surface area contributed by atoms with Gasteiger partial charge in [-0.2, -0.15) is 5.26 Å². The van der Waals surface area contributed by atoms with Gasteiger partial charge in [0.25, 0.3) is 5.91 Å². The second kappa shape index (κ2) is 6.28. The summed E-state index contributed by atoms with van der Waals surface area (Å²) in [6.45, 7) is 2.12. The van der Waals surface area contributed by atoms with Gasteiger partial charge >= 0.3 is 0 Å². The van der Waals surface area contributed by atoms with E-state index in [0.29, 0.717) is 23.7 Å². The molecule has 1 amide bonds. The Kier molecular flexibility index (Phi) is 4.17. The standard InChI is InChI=1S/C18H14F2N2O2/c1-10-6-14(10)17-5-3-13(24-17)7-11(9-21)18(23)22-16-4-2-12(19)8-15(16)20/h2-5,7-8,10,14H,6H2,1H3,(H,22,23)/b11-7+/t10-,14+/m1/s1. The Morgan fingerprint density at radius 2 is 2.12 bits per heavy atom. The van der Waals surface area contributed by atoms with Crippen molar-refractivity contribution in [3.63, 3.8) is 0 Å². The summed E-state index contributed by atoms with van der Waals surface area (Å²) in [5, 5.41) is 11.4. The van der Waals surface area contributed by atoms with E-state index >= 15 is 0 Å². The van der Waals surface area contributed by atoms with E-state index < -0.39 is 17.5 Å². The van der Waals surface area contributed by atoms with Gasteiger partial charge in [0.1, 0.15) is 34.8 Å². The first-order valence-electron chi connectivity index (χ1n) is 7.46. The second-order valence-electron chi connectivity index (χ2n) is 5.81. The zero-order valence-electron chi connectivity index (χ0n) is 12.8. The molecule has 1 saturated carbocycles. The molecule has 6 heteroatoms. The van der Waals surface area contributed by atoms with Crippen LogP contribution in [0.4, 0.5) is 14.5 Å². The van der Waals surface area contributed by atoms with Crippen molar-refractivity contribution in [2.75, 3.05) is 5.32 Å². The summed E-state index contributed by atoms with van der Waals surface area (Å²) < 4.78 is 32.1. The molecule has 1 fully saturated rings. The third-order valence-electron chi connectivity index (χ3n) is 3.95. The zero-order valence-corrected chi connectivity index (χ0v) is 12.8. The van der Waals surface area contributed by atoms with Crippen molar-refractivity contribution < 1.29 is 18.0 Å². The Labute approximate surface area is 137 Å². The third kappa shape index (κ3) is 3.35. The van der Waals surface area contributed by atoms with Gasteiger partial charge in [0.15, 0.2) is 0 Å². The van der Waals surface area contributed by atoms with Gasteiger partial charge in [0, 0.05) is 18.1 Å². The van der Waals surface area contributed by atoms with E-state index in [1.165, 1.54) is 6.08 Å². The van der Waals surface area contributed by atoms with Crippen LogP contribution in [0.3, 0.4) is 0 Å². The maximum absolute atomic E-state index is 13.6. The fourth-order valence-electron chi connectivity index (χ4n) is 2.44. The summed E-state index contributed by atoms with van der Waals surface area (Å²) in [5.74, 6) is -0.275. The van der Waals surface area contributed by atoms with E-state index in [1.807, 2.05) is 6.07 Å². The monoisotopic (exact) mass is 328 g/mol. The molecule has 0 aliphatic heterocycles. The van der Waals surface area contributed by atoms with Crippen LogP contribution in [0.5, 0.6) is 0 Å². The number of nitrogens with zero attached hydrogens (tertiary/aromatic N) is 1. The molecular weight excluding hydrogens is 314 g/mol. The van der Waals surface area contributed by atoms with Gasteiger partial charge in [0.2, 0.25) is 0 Å². The van der Waals surface area contributed by atoms with E-state index in [-0.39, 0.29) is 11.3 Å². The van der Waals surface area contributed by atoms with Gasteiger partial charge in [-0.3, -0.25) is 4.79 Å². The lowest BCUT2D eigenvalue weighted by molar-refractivity contribution is -0.112. The number of hydrogen-bond acceptors (Lipinski definition) is 3. The third-order valence-corrected chi connectivity index (χ3v) is 3.95. The van der Waals surface area contributed by atoms with E-state index in [0.717, 1.165) is 24.3 Å². The molecule has 1 N–H and O–H groups in total. The number of amides is 1. The quantitative estimate of drug-likeness (QED) is 0.675. The average Bonchev–Trinajstić information content (AvgIpc) is 3.09. The highest BCUT2D eigenvalue weighted by Crippen LogP contribution is 2.47. The van der Waals surface area contributed by atoms with Crippen LogP contribution in [0.2, 0.25) is 0 Å². The zero-order chi connectivity index (χ0) is 17.3. The predicted octanol–water partition coefficient (Wildman–Crippen LogP) is 4.23. The highest BCUT2D eigenvalue weighted by Gasteiger charge is 2.36. The molecule has 4 nitrogen and oxygen atoms in total. The summed E-state index contributed by atoms with van der Waals surface area (Å²) in [4.78, 5) is 12.1. The van der Waals surface area contributed by atoms with Crippen molar-refractivity contribution in [3.05, 3.63) is 59.1 Å². The average molecular weight is 328 g/mol. The van der Waals surface area contributed by atoms with Crippen LogP contribution >= 0.6 is 0 Å². The summed E-state index contributed by atoms with van der Waals surface area (Å²) in [5.41, 5.74) is -0.432. The fourth-order valence-corrected chi connectivity index (χ4v) is 2.44. The number of nitrogens with one attached hydrogen (secondary N) is 1. The number of halogens is 2. The molecule has 1 aromatic heterocycles. The second-order valence-corrected chi connectivity index (χ2v) is 5.81. The Morgan fingerprint density at radius 3 is 2.75 bits per heavy atom. The molecule has 1 aliphatic rings. The number of nitriles is 1. The number of benzene rings is 1. The van der Waals surface area contributed by atoms with Crippen LogP contribution < -0.4 is 5.32 Å². The van der Waals surface area contributed by atoms with Crippen LogP contribution in [0, 0.1) is 28.9 Å². The molecule has 0 bridgehead atoms. The lowest BCUT2D eigenvalue weighted by atomic mass is 10.2. The number of carbonyl (C=O) groups is 1. The minimum Gasteiger partial charge on any atom is -0.461 e. The van der Waals surface area contributed by atoms with Gasteiger partial charge in [-0.15, -0.1) is 0 Å².